The molecule has 1 atom stereocenters. The van der Waals surface area contributed by atoms with E-state index in [1.165, 1.54) is 0 Å². The second-order valence-corrected chi connectivity index (χ2v) is 1.88. The molecule has 10 heavy (non-hydrogen) atoms. The Morgan fingerprint density at radius 1 is 1.70 bits per heavy atom. The van der Waals surface area contributed by atoms with Gasteiger partial charge in [-0.15, -0.1) is 0 Å². The van der Waals surface area contributed by atoms with Crippen molar-refractivity contribution >= 4 is 6.29 Å². The van der Waals surface area contributed by atoms with E-state index in [9.17, 15) is 4.79 Å². The van der Waals surface area contributed by atoms with E-state index >= 15 is 0 Å². The van der Waals surface area contributed by atoms with Crippen LogP contribution in [0.3, 0.4) is 0 Å². The second-order valence-electron chi connectivity index (χ2n) is 1.88. The number of aliphatic hydroxyl groups is 1. The van der Waals surface area contributed by atoms with Crippen LogP contribution in [-0.2, 0) is 14.3 Å². The fraction of sp³-hybridized carbons (Fsp3) is 0.500. The summed E-state index contributed by atoms with van der Waals surface area (Å²) in [6.07, 6.45) is -0.325. The molecule has 1 rings (SSSR count). The Kier molecular flexibility index (Phi) is 1.91. The van der Waals surface area contributed by atoms with Crippen molar-refractivity contribution in [1.82, 2.24) is 0 Å². The highest BCUT2D eigenvalue weighted by molar-refractivity contribution is 5.55. The van der Waals surface area contributed by atoms with Crippen LogP contribution < -0.4 is 0 Å². The van der Waals surface area contributed by atoms with Crippen molar-refractivity contribution < 1.29 is 19.4 Å². The average Bonchev–Trinajstić information content (AvgIpc) is 2.30. The van der Waals surface area contributed by atoms with Gasteiger partial charge in [-0.1, -0.05) is 0 Å². The number of aliphatic hydroxyl groups excluding tert-OH is 1. The van der Waals surface area contributed by atoms with Crippen LogP contribution in [0.2, 0.25) is 0 Å². The Hall–Kier alpha value is -1.03. The SMILES string of the molecule is CC1=C(CO)OC(C=O)O1. The summed E-state index contributed by atoms with van der Waals surface area (Å²) in [6.45, 7) is 1.41. The first-order valence-electron chi connectivity index (χ1n) is 2.87. The lowest BCUT2D eigenvalue weighted by atomic mass is 10.4. The van der Waals surface area contributed by atoms with Crippen LogP contribution in [0.15, 0.2) is 11.5 Å². The van der Waals surface area contributed by atoms with Crippen molar-refractivity contribution in [2.45, 2.75) is 13.2 Å². The summed E-state index contributed by atoms with van der Waals surface area (Å²) in [5.74, 6) is 0.803. The van der Waals surface area contributed by atoms with Gasteiger partial charge in [-0.25, -0.2) is 0 Å². The van der Waals surface area contributed by atoms with Gasteiger partial charge in [0.2, 0.25) is 6.29 Å². The van der Waals surface area contributed by atoms with Crippen molar-refractivity contribution in [2.24, 2.45) is 0 Å². The van der Waals surface area contributed by atoms with E-state index in [1.807, 2.05) is 0 Å². The molecule has 0 radical (unpaired) electrons. The molecule has 0 bridgehead atoms. The molecule has 1 aliphatic heterocycles. The van der Waals surface area contributed by atoms with E-state index in [2.05, 4.69) is 0 Å². The number of carbonyl (C=O) groups is 1. The van der Waals surface area contributed by atoms with Gasteiger partial charge in [0.15, 0.2) is 5.76 Å². The molecule has 56 valence electrons. The summed E-state index contributed by atoms with van der Waals surface area (Å²) in [4.78, 5) is 10.1. The Labute approximate surface area is 58.1 Å². The number of rotatable bonds is 2. The molecular formula is C6H8O4. The predicted octanol–water partition coefficient (Wildman–Crippen LogP) is -0.218. The van der Waals surface area contributed by atoms with Crippen molar-refractivity contribution in [3.05, 3.63) is 11.5 Å². The maximum Gasteiger partial charge on any atom is 0.297 e. The van der Waals surface area contributed by atoms with E-state index < -0.39 is 6.29 Å². The van der Waals surface area contributed by atoms with Crippen LogP contribution in [0.5, 0.6) is 0 Å². The molecule has 4 heteroatoms. The molecule has 1 N–H and O–H groups in total. The van der Waals surface area contributed by atoms with E-state index in [0.717, 1.165) is 0 Å². The Morgan fingerprint density at radius 2 is 2.40 bits per heavy atom. The number of ether oxygens (including phenoxy) is 2. The van der Waals surface area contributed by atoms with Crippen LogP contribution in [0.1, 0.15) is 6.92 Å². The molecule has 0 aliphatic carbocycles. The van der Waals surface area contributed by atoms with Crippen LogP contribution >= 0.6 is 0 Å². The van der Waals surface area contributed by atoms with Gasteiger partial charge >= 0.3 is 0 Å². The lowest BCUT2D eigenvalue weighted by Gasteiger charge is -2.01. The molecule has 1 heterocycles. The van der Waals surface area contributed by atoms with Gasteiger partial charge in [0.1, 0.15) is 12.4 Å². The second kappa shape index (κ2) is 2.70. The zero-order chi connectivity index (χ0) is 7.56. The Morgan fingerprint density at radius 3 is 2.70 bits per heavy atom. The van der Waals surface area contributed by atoms with Gasteiger partial charge in [0.05, 0.1) is 0 Å². The van der Waals surface area contributed by atoms with Gasteiger partial charge in [-0.05, 0) is 6.92 Å². The van der Waals surface area contributed by atoms with E-state index in [4.69, 9.17) is 14.6 Å². The van der Waals surface area contributed by atoms with Gasteiger partial charge in [-0.2, -0.15) is 0 Å². The minimum atomic E-state index is -0.859. The number of carbonyl (C=O) groups excluding carboxylic acids is 1. The van der Waals surface area contributed by atoms with Crippen molar-refractivity contribution in [3.63, 3.8) is 0 Å². The van der Waals surface area contributed by atoms with Gasteiger partial charge in [0, 0.05) is 0 Å². The number of allylic oxidation sites excluding steroid dienone is 1. The maximum absolute atomic E-state index is 10.1. The predicted molar refractivity (Wildman–Crippen MR) is 31.8 cm³/mol. The summed E-state index contributed by atoms with van der Waals surface area (Å²) in [5, 5.41) is 8.57. The van der Waals surface area contributed by atoms with E-state index in [0.29, 0.717) is 17.8 Å². The first-order chi connectivity index (χ1) is 4.77. The molecule has 0 aromatic rings. The van der Waals surface area contributed by atoms with Crippen LogP contribution in [-0.4, -0.2) is 24.3 Å². The molecule has 1 aliphatic rings. The van der Waals surface area contributed by atoms with Crippen LogP contribution in [0.4, 0.5) is 0 Å². The first-order valence-corrected chi connectivity index (χ1v) is 2.87. The summed E-state index contributed by atoms with van der Waals surface area (Å²) in [5.41, 5.74) is 0. The highest BCUT2D eigenvalue weighted by Crippen LogP contribution is 2.19. The first kappa shape index (κ1) is 7.08. The largest absolute Gasteiger partial charge is 0.449 e. The smallest absolute Gasteiger partial charge is 0.297 e. The molecule has 0 amide bonds. The van der Waals surface area contributed by atoms with Gasteiger partial charge in [-0.3, -0.25) is 4.79 Å². The van der Waals surface area contributed by atoms with Gasteiger partial charge in [0.25, 0.3) is 6.29 Å². The quantitative estimate of drug-likeness (QED) is 0.544. The molecule has 0 fully saturated rings. The lowest BCUT2D eigenvalue weighted by Crippen LogP contribution is -2.10. The van der Waals surface area contributed by atoms with Crippen molar-refractivity contribution in [3.8, 4) is 0 Å². The average molecular weight is 144 g/mol. The number of hydrogen-bond acceptors (Lipinski definition) is 4. The fourth-order valence-electron chi connectivity index (χ4n) is 0.691. The fourth-order valence-corrected chi connectivity index (χ4v) is 0.691. The molecule has 0 aromatic heterocycles. The Bertz CT molecular complexity index is 173. The third-order valence-electron chi connectivity index (χ3n) is 1.20. The zero-order valence-corrected chi connectivity index (χ0v) is 5.53. The monoisotopic (exact) mass is 144 g/mol. The number of hydrogen-bond donors (Lipinski definition) is 1. The third kappa shape index (κ3) is 1.11. The van der Waals surface area contributed by atoms with Crippen LogP contribution in [0, 0.1) is 0 Å². The molecule has 4 nitrogen and oxygen atoms in total. The summed E-state index contributed by atoms with van der Waals surface area (Å²) < 4.78 is 9.65. The van der Waals surface area contributed by atoms with Gasteiger partial charge < -0.3 is 14.6 Å². The topological polar surface area (TPSA) is 55.8 Å². The van der Waals surface area contributed by atoms with E-state index in [1.54, 1.807) is 6.92 Å². The zero-order valence-electron chi connectivity index (χ0n) is 5.53. The molecular weight excluding hydrogens is 136 g/mol. The third-order valence-corrected chi connectivity index (χ3v) is 1.20. The molecule has 0 aromatic carbocycles. The summed E-state index contributed by atoms with van der Waals surface area (Å²) >= 11 is 0. The van der Waals surface area contributed by atoms with Crippen LogP contribution in [0.25, 0.3) is 0 Å². The van der Waals surface area contributed by atoms with E-state index in [-0.39, 0.29) is 6.61 Å². The summed E-state index contributed by atoms with van der Waals surface area (Å²) in [7, 11) is 0. The molecule has 0 saturated carbocycles. The van der Waals surface area contributed by atoms with Crippen molar-refractivity contribution in [1.29, 1.82) is 0 Å². The standard InChI is InChI=1S/C6H8O4/c1-4-5(2-7)10-6(3-8)9-4/h3,6-7H,2H2,1H3. The number of aldehydes is 1. The minimum Gasteiger partial charge on any atom is -0.449 e. The molecule has 0 spiro atoms. The molecule has 1 unspecified atom stereocenters. The maximum atomic E-state index is 10.1. The highest BCUT2D eigenvalue weighted by Gasteiger charge is 2.22. The van der Waals surface area contributed by atoms with Crippen molar-refractivity contribution in [2.75, 3.05) is 6.61 Å². The normalized spacial score (nSPS) is 24.0. The summed E-state index contributed by atoms with van der Waals surface area (Å²) in [6, 6.07) is 0. The Balaban J connectivity index is 2.58. The lowest BCUT2D eigenvalue weighted by molar-refractivity contribution is -0.130. The molecule has 0 saturated heterocycles. The highest BCUT2D eigenvalue weighted by atomic mass is 16.7. The minimum absolute atomic E-state index is 0.226.